The van der Waals surface area contributed by atoms with Crippen LogP contribution in [0.4, 0.5) is 0 Å². The van der Waals surface area contributed by atoms with Crippen molar-refractivity contribution in [1.29, 1.82) is 0 Å². The van der Waals surface area contributed by atoms with E-state index in [2.05, 4.69) is 26.5 Å². The van der Waals surface area contributed by atoms with Gasteiger partial charge < -0.3 is 20.4 Å². The van der Waals surface area contributed by atoms with Crippen molar-refractivity contribution in [2.24, 2.45) is 5.10 Å². The third-order valence-electron chi connectivity index (χ3n) is 2.80. The van der Waals surface area contributed by atoms with Crippen LogP contribution in [0.15, 0.2) is 33.8 Å². The molecule has 0 spiro atoms. The summed E-state index contributed by atoms with van der Waals surface area (Å²) < 4.78 is 0.360. The Hall–Kier alpha value is -2.45. The van der Waals surface area contributed by atoms with Gasteiger partial charge in [0.05, 0.1) is 16.3 Å². The van der Waals surface area contributed by atoms with Gasteiger partial charge in [-0.2, -0.15) is 5.10 Å². The second-order valence-electron chi connectivity index (χ2n) is 4.35. The summed E-state index contributed by atoms with van der Waals surface area (Å²) in [7, 11) is 0. The molecule has 120 valence electrons. The second-order valence-corrected chi connectivity index (χ2v) is 5.64. The first-order valence-corrected chi connectivity index (χ1v) is 7.23. The molecule has 2 aromatic carbocycles. The molecule has 0 unspecified atom stereocenters. The molecule has 0 saturated heterocycles. The molecule has 23 heavy (non-hydrogen) atoms. The number of hydrogen-bond donors (Lipinski definition) is 5. The number of nitrogens with zero attached hydrogens (tertiary/aromatic N) is 1. The van der Waals surface area contributed by atoms with Crippen molar-refractivity contribution in [1.82, 2.24) is 5.43 Å². The number of hydrogen-bond acceptors (Lipinski definition) is 6. The quantitative estimate of drug-likeness (QED) is 0.307. The van der Waals surface area contributed by atoms with Crippen molar-refractivity contribution in [3.05, 3.63) is 44.9 Å². The number of benzene rings is 2. The van der Waals surface area contributed by atoms with E-state index in [-0.39, 0.29) is 16.9 Å². The Morgan fingerprint density at radius 3 is 2.52 bits per heavy atom. The fraction of sp³-hybridized carbons (Fsp3) is 0. The van der Waals surface area contributed by atoms with Crippen molar-refractivity contribution in [3.63, 3.8) is 0 Å². The lowest BCUT2D eigenvalue weighted by Gasteiger charge is -2.06. The molecule has 7 nitrogen and oxygen atoms in total. The van der Waals surface area contributed by atoms with E-state index >= 15 is 0 Å². The number of carbonyl (C=O) groups is 1. The highest BCUT2D eigenvalue weighted by Crippen LogP contribution is 2.36. The largest absolute Gasteiger partial charge is 0.506 e. The van der Waals surface area contributed by atoms with Crippen LogP contribution in [0.5, 0.6) is 23.0 Å². The summed E-state index contributed by atoms with van der Waals surface area (Å²) in [5.74, 6) is -3.08. The Kier molecular flexibility index (Phi) is 4.97. The Bertz CT molecular complexity index is 810. The number of phenolic OH excluding ortho intramolecular Hbond substituents is 4. The molecule has 2 aromatic rings. The maximum absolute atomic E-state index is 11.9. The molecule has 0 heterocycles. The van der Waals surface area contributed by atoms with Crippen LogP contribution in [0.2, 0.25) is 5.02 Å². The first-order valence-electron chi connectivity index (χ1n) is 6.06. The maximum Gasteiger partial charge on any atom is 0.275 e. The van der Waals surface area contributed by atoms with Crippen molar-refractivity contribution in [2.75, 3.05) is 0 Å². The van der Waals surface area contributed by atoms with Gasteiger partial charge in [-0.3, -0.25) is 4.79 Å². The van der Waals surface area contributed by atoms with E-state index in [0.29, 0.717) is 9.50 Å². The fourth-order valence-electron chi connectivity index (χ4n) is 1.66. The standard InChI is InChI=1S/C14H10BrClN2O5/c15-9-4-7(16)3-6(11(9)20)5-17-18-14(23)8-1-2-10(19)13(22)12(8)21/h1-5,19-22H,(H,18,23)/b17-5+. The van der Waals surface area contributed by atoms with Gasteiger partial charge in [-0.05, 0) is 40.2 Å². The van der Waals surface area contributed by atoms with E-state index in [1.54, 1.807) is 0 Å². The zero-order valence-electron chi connectivity index (χ0n) is 11.3. The highest BCUT2D eigenvalue weighted by atomic mass is 79.9. The summed E-state index contributed by atoms with van der Waals surface area (Å²) in [6, 6.07) is 5.08. The molecule has 0 aliphatic rings. The van der Waals surface area contributed by atoms with E-state index in [9.17, 15) is 25.2 Å². The van der Waals surface area contributed by atoms with E-state index in [1.807, 2.05) is 0 Å². The van der Waals surface area contributed by atoms with Gasteiger partial charge in [-0.25, -0.2) is 5.43 Å². The van der Waals surface area contributed by atoms with Crippen molar-refractivity contribution >= 4 is 39.7 Å². The van der Waals surface area contributed by atoms with Crippen LogP contribution in [0.3, 0.4) is 0 Å². The molecule has 1 amide bonds. The highest BCUT2D eigenvalue weighted by molar-refractivity contribution is 9.10. The van der Waals surface area contributed by atoms with Gasteiger partial charge in [0, 0.05) is 10.6 Å². The highest BCUT2D eigenvalue weighted by Gasteiger charge is 2.16. The molecule has 0 atom stereocenters. The Balaban J connectivity index is 2.18. The lowest BCUT2D eigenvalue weighted by molar-refractivity contribution is 0.0951. The van der Waals surface area contributed by atoms with Crippen LogP contribution in [0, 0.1) is 0 Å². The van der Waals surface area contributed by atoms with Crippen molar-refractivity contribution in [2.45, 2.75) is 0 Å². The van der Waals surface area contributed by atoms with E-state index in [4.69, 9.17) is 11.6 Å². The smallest absolute Gasteiger partial charge is 0.275 e. The summed E-state index contributed by atoms with van der Waals surface area (Å²) >= 11 is 8.95. The number of phenols is 4. The molecule has 0 aliphatic carbocycles. The molecule has 0 radical (unpaired) electrons. The molecule has 0 aliphatic heterocycles. The van der Waals surface area contributed by atoms with Crippen LogP contribution in [-0.2, 0) is 0 Å². The minimum Gasteiger partial charge on any atom is -0.506 e. The third-order valence-corrected chi connectivity index (χ3v) is 3.62. The molecule has 9 heteroatoms. The monoisotopic (exact) mass is 400 g/mol. The summed E-state index contributed by atoms with van der Waals surface area (Å²) in [6.07, 6.45) is 1.15. The molecule has 0 aromatic heterocycles. The predicted molar refractivity (Wildman–Crippen MR) is 87.3 cm³/mol. The normalized spacial score (nSPS) is 10.9. The predicted octanol–water partition coefficient (Wildman–Crippen LogP) is 2.69. The first kappa shape index (κ1) is 16.9. The summed E-state index contributed by atoms with van der Waals surface area (Å²) in [5.41, 5.74) is 2.08. The fourth-order valence-corrected chi connectivity index (χ4v) is 2.49. The zero-order valence-corrected chi connectivity index (χ0v) is 13.6. The Morgan fingerprint density at radius 2 is 1.83 bits per heavy atom. The van der Waals surface area contributed by atoms with Crippen LogP contribution < -0.4 is 5.43 Å². The SMILES string of the molecule is O=C(N/N=C/c1cc(Cl)cc(Br)c1O)c1ccc(O)c(O)c1O. The Labute approximate surface area is 143 Å². The molecule has 0 fully saturated rings. The number of halogens is 2. The maximum atomic E-state index is 11.9. The molecular weight excluding hydrogens is 392 g/mol. The molecule has 2 rings (SSSR count). The van der Waals surface area contributed by atoms with Gasteiger partial charge in [0.1, 0.15) is 5.75 Å². The summed E-state index contributed by atoms with van der Waals surface area (Å²) in [5, 5.41) is 41.9. The van der Waals surface area contributed by atoms with Crippen molar-refractivity contribution in [3.8, 4) is 23.0 Å². The number of carbonyl (C=O) groups excluding carboxylic acids is 1. The topological polar surface area (TPSA) is 122 Å². The summed E-state index contributed by atoms with van der Waals surface area (Å²) in [6.45, 7) is 0. The molecular formula is C14H10BrClN2O5. The van der Waals surface area contributed by atoms with Crippen molar-refractivity contribution < 1.29 is 25.2 Å². The van der Waals surface area contributed by atoms with Gasteiger partial charge in [0.2, 0.25) is 5.75 Å². The first-order chi connectivity index (χ1) is 10.8. The average Bonchev–Trinajstić information content (AvgIpc) is 2.49. The molecule has 5 N–H and O–H groups in total. The lowest BCUT2D eigenvalue weighted by atomic mass is 10.1. The number of rotatable bonds is 3. The van der Waals surface area contributed by atoms with E-state index in [1.165, 1.54) is 12.1 Å². The number of amides is 1. The number of hydrazone groups is 1. The van der Waals surface area contributed by atoms with Gasteiger partial charge in [-0.1, -0.05) is 11.6 Å². The van der Waals surface area contributed by atoms with Crippen LogP contribution in [-0.4, -0.2) is 32.5 Å². The second kappa shape index (κ2) is 6.76. The van der Waals surface area contributed by atoms with E-state index < -0.39 is 23.2 Å². The molecule has 0 saturated carbocycles. The lowest BCUT2D eigenvalue weighted by Crippen LogP contribution is -2.17. The summed E-state index contributed by atoms with van der Waals surface area (Å²) in [4.78, 5) is 11.9. The van der Waals surface area contributed by atoms with Crippen LogP contribution in [0.25, 0.3) is 0 Å². The Morgan fingerprint density at radius 1 is 1.13 bits per heavy atom. The van der Waals surface area contributed by atoms with Crippen LogP contribution >= 0.6 is 27.5 Å². The average molecular weight is 402 g/mol. The number of nitrogens with one attached hydrogen (secondary N) is 1. The van der Waals surface area contributed by atoms with Crippen LogP contribution in [0.1, 0.15) is 15.9 Å². The van der Waals surface area contributed by atoms with Gasteiger partial charge in [0.25, 0.3) is 5.91 Å². The third kappa shape index (κ3) is 3.66. The minimum atomic E-state index is -0.824. The number of aromatic hydroxyl groups is 4. The van der Waals surface area contributed by atoms with Gasteiger partial charge >= 0.3 is 0 Å². The zero-order chi connectivity index (χ0) is 17.1. The minimum absolute atomic E-state index is 0.113. The molecule has 0 bridgehead atoms. The van der Waals surface area contributed by atoms with Gasteiger partial charge in [-0.15, -0.1) is 0 Å². The van der Waals surface area contributed by atoms with Gasteiger partial charge in [0.15, 0.2) is 11.5 Å². The van der Waals surface area contributed by atoms with E-state index in [0.717, 1.165) is 18.3 Å².